The second-order valence-corrected chi connectivity index (χ2v) is 6.39. The summed E-state index contributed by atoms with van der Waals surface area (Å²) in [6.07, 6.45) is 0.943. The lowest BCUT2D eigenvalue weighted by atomic mass is 9.88. The number of hydrogen-bond donors (Lipinski definition) is 1. The fourth-order valence-electron chi connectivity index (χ4n) is 4.09. The zero-order valence-corrected chi connectivity index (χ0v) is 13.3. The van der Waals surface area contributed by atoms with Crippen LogP contribution in [-0.2, 0) is 6.54 Å². The molecule has 1 N–H and O–H groups in total. The van der Waals surface area contributed by atoms with E-state index in [1.54, 1.807) is 7.11 Å². The highest BCUT2D eigenvalue weighted by Crippen LogP contribution is 2.47. The molecule has 0 saturated carbocycles. The van der Waals surface area contributed by atoms with Crippen molar-refractivity contribution in [2.75, 3.05) is 12.4 Å². The number of anilines is 1. The van der Waals surface area contributed by atoms with Crippen molar-refractivity contribution >= 4 is 16.6 Å². The van der Waals surface area contributed by atoms with Crippen LogP contribution in [0.15, 0.2) is 47.3 Å². The Bertz CT molecular complexity index is 1020. The molecular weight excluding hydrogens is 302 g/mol. The van der Waals surface area contributed by atoms with Gasteiger partial charge in [0.05, 0.1) is 18.5 Å². The van der Waals surface area contributed by atoms with Crippen LogP contribution in [0.4, 0.5) is 5.69 Å². The summed E-state index contributed by atoms with van der Waals surface area (Å²) in [5, 5.41) is 4.18. The van der Waals surface area contributed by atoms with Crippen molar-refractivity contribution in [3.63, 3.8) is 0 Å². The largest absolute Gasteiger partial charge is 0.494 e. The molecule has 3 heterocycles. The summed E-state index contributed by atoms with van der Waals surface area (Å²) in [6, 6.07) is 13.9. The lowest BCUT2D eigenvalue weighted by Gasteiger charge is -2.29. The van der Waals surface area contributed by atoms with E-state index in [9.17, 15) is 4.79 Å². The first-order valence-corrected chi connectivity index (χ1v) is 8.21. The molecule has 24 heavy (non-hydrogen) atoms. The van der Waals surface area contributed by atoms with Gasteiger partial charge >= 0.3 is 0 Å². The Morgan fingerprint density at radius 1 is 1.21 bits per heavy atom. The Balaban J connectivity index is 1.76. The van der Waals surface area contributed by atoms with Gasteiger partial charge in [0.25, 0.3) is 5.56 Å². The van der Waals surface area contributed by atoms with Gasteiger partial charge in [-0.25, -0.2) is 4.98 Å². The van der Waals surface area contributed by atoms with Crippen LogP contribution in [0.25, 0.3) is 10.9 Å². The van der Waals surface area contributed by atoms with Gasteiger partial charge in [0, 0.05) is 18.2 Å². The molecule has 0 bridgehead atoms. The lowest BCUT2D eigenvalue weighted by Crippen LogP contribution is -2.34. The number of fused-ring (bicyclic) bond motifs is 6. The number of methoxy groups -OCH3 is 1. The summed E-state index contributed by atoms with van der Waals surface area (Å²) >= 11 is 0. The quantitative estimate of drug-likeness (QED) is 0.749. The molecule has 5 nitrogen and oxygen atoms in total. The molecule has 2 atom stereocenters. The van der Waals surface area contributed by atoms with Crippen LogP contribution in [-0.4, -0.2) is 16.7 Å². The maximum absolute atomic E-state index is 12.9. The minimum absolute atomic E-state index is 0.0186. The van der Waals surface area contributed by atoms with Crippen molar-refractivity contribution in [3.8, 4) is 5.75 Å². The van der Waals surface area contributed by atoms with Crippen molar-refractivity contribution in [1.82, 2.24) is 9.55 Å². The minimum Gasteiger partial charge on any atom is -0.494 e. The van der Waals surface area contributed by atoms with Crippen LogP contribution in [0.2, 0.25) is 0 Å². The van der Waals surface area contributed by atoms with E-state index >= 15 is 0 Å². The van der Waals surface area contributed by atoms with Gasteiger partial charge in [-0.3, -0.25) is 9.36 Å². The molecule has 120 valence electrons. The fraction of sp³-hybridized carbons (Fsp3) is 0.263. The predicted octanol–water partition coefficient (Wildman–Crippen LogP) is 3.06. The average Bonchev–Trinajstić information content (AvgIpc) is 3.01. The van der Waals surface area contributed by atoms with Crippen molar-refractivity contribution in [2.24, 2.45) is 0 Å². The third-order valence-electron chi connectivity index (χ3n) is 5.21. The van der Waals surface area contributed by atoms with E-state index in [4.69, 9.17) is 9.72 Å². The van der Waals surface area contributed by atoms with E-state index < -0.39 is 0 Å². The van der Waals surface area contributed by atoms with Crippen LogP contribution in [0, 0.1) is 0 Å². The van der Waals surface area contributed by atoms with Gasteiger partial charge < -0.3 is 10.1 Å². The van der Waals surface area contributed by atoms with Gasteiger partial charge in [0.2, 0.25) is 0 Å². The molecule has 0 amide bonds. The number of hydrogen-bond acceptors (Lipinski definition) is 4. The maximum atomic E-state index is 12.9. The first kappa shape index (κ1) is 13.6. The summed E-state index contributed by atoms with van der Waals surface area (Å²) in [5.41, 5.74) is 3.14. The molecule has 1 aromatic heterocycles. The monoisotopic (exact) mass is 319 g/mol. The van der Waals surface area contributed by atoms with E-state index in [-0.39, 0.29) is 11.6 Å². The Hall–Kier alpha value is -2.82. The molecule has 3 aromatic rings. The van der Waals surface area contributed by atoms with E-state index in [0.717, 1.165) is 17.9 Å². The van der Waals surface area contributed by atoms with Crippen molar-refractivity contribution < 1.29 is 4.74 Å². The molecule has 5 heteroatoms. The molecule has 0 aliphatic carbocycles. The number of nitrogens with one attached hydrogen (secondary N) is 1. The third kappa shape index (κ3) is 1.69. The number of nitrogens with zero attached hydrogens (tertiary/aromatic N) is 2. The summed E-state index contributed by atoms with van der Waals surface area (Å²) in [6.45, 7) is 0.700. The molecule has 2 aliphatic rings. The second-order valence-electron chi connectivity index (χ2n) is 6.39. The molecule has 0 fully saturated rings. The third-order valence-corrected chi connectivity index (χ3v) is 5.21. The van der Waals surface area contributed by atoms with Crippen LogP contribution in [0.5, 0.6) is 5.75 Å². The molecular formula is C19H17N3O2. The Kier molecular flexibility index (Phi) is 2.74. The normalized spacial score (nSPS) is 20.9. The van der Waals surface area contributed by atoms with E-state index in [2.05, 4.69) is 23.5 Å². The topological polar surface area (TPSA) is 56.2 Å². The molecule has 0 spiro atoms. The maximum Gasteiger partial charge on any atom is 0.261 e. The standard InChI is InChI=1S/C19H17N3O2/c1-24-15-8-4-6-13-16(15)21-18-17-12(9-10-22(18)19(13)23)11-5-2-3-7-14(11)20-17/h2-8,12,17,20H,9-10H2,1H3. The molecule has 0 saturated heterocycles. The van der Waals surface area contributed by atoms with E-state index in [1.807, 2.05) is 28.8 Å². The van der Waals surface area contributed by atoms with Gasteiger partial charge in [0.15, 0.2) is 0 Å². The minimum atomic E-state index is 0.0186. The lowest BCUT2D eigenvalue weighted by molar-refractivity contribution is 0.407. The van der Waals surface area contributed by atoms with Gasteiger partial charge in [-0.1, -0.05) is 24.3 Å². The average molecular weight is 319 g/mol. The smallest absolute Gasteiger partial charge is 0.261 e. The van der Waals surface area contributed by atoms with Crippen LogP contribution in [0.1, 0.15) is 29.8 Å². The number of para-hydroxylation sites is 2. The van der Waals surface area contributed by atoms with E-state index in [1.165, 1.54) is 5.56 Å². The van der Waals surface area contributed by atoms with E-state index in [0.29, 0.717) is 29.1 Å². The Morgan fingerprint density at radius 2 is 2.08 bits per heavy atom. The van der Waals surface area contributed by atoms with Gasteiger partial charge in [-0.15, -0.1) is 0 Å². The Morgan fingerprint density at radius 3 is 2.96 bits per heavy atom. The molecule has 2 aliphatic heterocycles. The first-order valence-electron chi connectivity index (χ1n) is 8.21. The van der Waals surface area contributed by atoms with Crippen LogP contribution >= 0.6 is 0 Å². The molecule has 2 aromatic carbocycles. The SMILES string of the molecule is COc1cccc2c(=O)n3c(nc12)C1Nc2ccccc2C1CC3. The molecule has 5 rings (SSSR count). The van der Waals surface area contributed by atoms with Gasteiger partial charge in [-0.2, -0.15) is 0 Å². The van der Waals surface area contributed by atoms with Crippen LogP contribution < -0.4 is 15.6 Å². The van der Waals surface area contributed by atoms with Gasteiger partial charge in [0.1, 0.15) is 17.1 Å². The highest BCUT2D eigenvalue weighted by molar-refractivity contribution is 5.84. The fourth-order valence-corrected chi connectivity index (χ4v) is 4.09. The zero-order chi connectivity index (χ0) is 16.3. The Labute approximate surface area is 138 Å². The predicted molar refractivity (Wildman–Crippen MR) is 92.7 cm³/mol. The highest BCUT2D eigenvalue weighted by atomic mass is 16.5. The molecule has 2 unspecified atom stereocenters. The summed E-state index contributed by atoms with van der Waals surface area (Å²) in [4.78, 5) is 17.8. The van der Waals surface area contributed by atoms with Crippen LogP contribution in [0.3, 0.4) is 0 Å². The van der Waals surface area contributed by atoms with Crippen molar-refractivity contribution in [2.45, 2.75) is 24.9 Å². The van der Waals surface area contributed by atoms with Gasteiger partial charge in [-0.05, 0) is 30.2 Å². The zero-order valence-electron chi connectivity index (χ0n) is 13.3. The number of rotatable bonds is 1. The van der Waals surface area contributed by atoms with Crippen molar-refractivity contribution in [1.29, 1.82) is 0 Å². The number of aromatic nitrogens is 2. The summed E-state index contributed by atoms with van der Waals surface area (Å²) in [5.74, 6) is 1.82. The van der Waals surface area contributed by atoms with Crippen molar-refractivity contribution in [3.05, 3.63) is 64.2 Å². The molecule has 0 radical (unpaired) electrons. The second kappa shape index (κ2) is 4.84. The number of benzene rings is 2. The highest BCUT2D eigenvalue weighted by Gasteiger charge is 2.39. The summed E-state index contributed by atoms with van der Waals surface area (Å²) < 4.78 is 7.24. The number of ether oxygens (including phenoxy) is 1. The summed E-state index contributed by atoms with van der Waals surface area (Å²) in [7, 11) is 1.61. The first-order chi connectivity index (χ1) is 11.8.